The van der Waals surface area contributed by atoms with E-state index in [1.54, 1.807) is 0 Å². The van der Waals surface area contributed by atoms with Crippen molar-refractivity contribution in [2.75, 3.05) is 6.61 Å². The number of hydrogen-bond donors (Lipinski definition) is 0. The molecule has 0 aliphatic heterocycles. The first-order valence-corrected chi connectivity index (χ1v) is 14.3. The van der Waals surface area contributed by atoms with Crippen LogP contribution in [0.2, 0.25) is 5.04 Å². The molecule has 0 radical (unpaired) electrons. The summed E-state index contributed by atoms with van der Waals surface area (Å²) in [5.74, 6) is 0.355. The number of hydrogen-bond acceptors (Lipinski definition) is 3. The van der Waals surface area contributed by atoms with Gasteiger partial charge in [-0.15, -0.1) is 0 Å². The topological polar surface area (TPSA) is 35.5 Å². The fraction of sp³-hybridized carbons (Fsp3) is 0.483. The number of rotatable bonds is 11. The lowest BCUT2D eigenvalue weighted by molar-refractivity contribution is -0.144. The van der Waals surface area contributed by atoms with Crippen LogP contribution in [-0.2, 0) is 14.0 Å². The summed E-state index contributed by atoms with van der Waals surface area (Å²) < 4.78 is 12.3. The Morgan fingerprint density at radius 2 is 1.45 bits per heavy atom. The lowest BCUT2D eigenvalue weighted by atomic mass is 10.00. The van der Waals surface area contributed by atoms with Crippen LogP contribution in [0, 0.1) is 5.92 Å². The molecule has 0 fully saturated rings. The molecule has 4 heteroatoms. The fourth-order valence-corrected chi connectivity index (χ4v) is 9.71. The number of unbranched alkanes of at least 4 members (excludes halogenated alkanes) is 3. The Labute approximate surface area is 201 Å². The fourth-order valence-electron chi connectivity index (χ4n) is 5.10. The summed E-state index contributed by atoms with van der Waals surface area (Å²) in [7, 11) is -2.41. The van der Waals surface area contributed by atoms with Crippen molar-refractivity contribution in [1.82, 2.24) is 0 Å². The highest BCUT2D eigenvalue weighted by atomic mass is 28.4. The van der Waals surface area contributed by atoms with Gasteiger partial charge in [-0.1, -0.05) is 107 Å². The molecule has 178 valence electrons. The molecule has 1 aliphatic carbocycles. The van der Waals surface area contributed by atoms with E-state index < -0.39 is 8.32 Å². The second-order valence-corrected chi connectivity index (χ2v) is 14.5. The summed E-state index contributed by atoms with van der Waals surface area (Å²) in [5.41, 5.74) is 0. The third-order valence-electron chi connectivity index (χ3n) is 6.65. The van der Waals surface area contributed by atoms with Gasteiger partial charge < -0.3 is 9.16 Å². The van der Waals surface area contributed by atoms with Gasteiger partial charge in [-0.25, -0.2) is 0 Å². The third kappa shape index (κ3) is 6.67. The van der Waals surface area contributed by atoms with Crippen molar-refractivity contribution < 1.29 is 14.0 Å². The lowest BCUT2D eigenvalue weighted by Crippen LogP contribution is -2.66. The lowest BCUT2D eigenvalue weighted by Gasteiger charge is -2.43. The number of carbonyl (C=O) groups is 1. The van der Waals surface area contributed by atoms with E-state index in [-0.39, 0.29) is 17.1 Å². The van der Waals surface area contributed by atoms with Gasteiger partial charge in [-0.2, -0.15) is 0 Å². The van der Waals surface area contributed by atoms with Gasteiger partial charge in [-0.3, -0.25) is 4.79 Å². The zero-order valence-electron chi connectivity index (χ0n) is 20.8. The van der Waals surface area contributed by atoms with Gasteiger partial charge in [0.25, 0.3) is 8.32 Å². The minimum Gasteiger partial charge on any atom is -0.458 e. The molecule has 0 saturated heterocycles. The first kappa shape index (κ1) is 25.4. The highest BCUT2D eigenvalue weighted by Gasteiger charge is 2.49. The molecule has 0 spiro atoms. The summed E-state index contributed by atoms with van der Waals surface area (Å²) in [6.45, 7) is 9.27. The molecular weight excluding hydrogens is 424 g/mol. The second kappa shape index (κ2) is 11.8. The van der Waals surface area contributed by atoms with Gasteiger partial charge in [0.15, 0.2) is 0 Å². The number of allylic oxidation sites excluding steroid dienone is 1. The van der Waals surface area contributed by atoms with Crippen molar-refractivity contribution in [3.8, 4) is 0 Å². The normalized spacial score (nSPS) is 18.4. The van der Waals surface area contributed by atoms with Gasteiger partial charge in [0.05, 0.1) is 0 Å². The number of esters is 1. The molecule has 2 aromatic rings. The van der Waals surface area contributed by atoms with Crippen molar-refractivity contribution in [1.29, 1.82) is 0 Å². The Kier molecular flexibility index (Phi) is 9.10. The van der Waals surface area contributed by atoms with E-state index in [0.717, 1.165) is 19.4 Å². The van der Waals surface area contributed by atoms with Crippen LogP contribution in [-0.4, -0.2) is 27.0 Å². The largest absolute Gasteiger partial charge is 0.458 e. The molecular formula is C29H40O3Si. The first-order chi connectivity index (χ1) is 15.8. The highest BCUT2D eigenvalue weighted by Crippen LogP contribution is 2.37. The predicted molar refractivity (Wildman–Crippen MR) is 139 cm³/mol. The Balaban J connectivity index is 1.53. The maximum Gasteiger partial charge on any atom is 0.303 e. The van der Waals surface area contributed by atoms with E-state index in [9.17, 15) is 4.79 Å². The molecule has 2 aromatic carbocycles. The van der Waals surface area contributed by atoms with E-state index in [1.807, 2.05) is 6.08 Å². The molecule has 0 N–H and O–H groups in total. The molecule has 0 bridgehead atoms. The minimum atomic E-state index is -2.41. The standard InChI is InChI=1S/C29H40O3Si/c1-24(30)32-26-21-20-25(23-26)15-9-5-6-14-22-31-33(29(2,3)4,27-16-10-7-11-17-27)28-18-12-8-13-19-28/h7-8,10-13,16-21,25-26H,5-6,9,14-15,22-23H2,1-4H3/t25-,26+/m1/s1. The molecule has 1 aliphatic rings. The van der Waals surface area contributed by atoms with E-state index in [1.165, 1.54) is 43.0 Å². The van der Waals surface area contributed by atoms with Gasteiger partial charge in [0, 0.05) is 13.5 Å². The second-order valence-electron chi connectivity index (χ2n) is 10.2. The molecule has 33 heavy (non-hydrogen) atoms. The monoisotopic (exact) mass is 464 g/mol. The third-order valence-corrected chi connectivity index (χ3v) is 11.7. The Hall–Kier alpha value is -2.17. The predicted octanol–water partition coefficient (Wildman–Crippen LogP) is 6.02. The van der Waals surface area contributed by atoms with E-state index in [2.05, 4.69) is 87.5 Å². The molecule has 2 atom stereocenters. The van der Waals surface area contributed by atoms with Crippen molar-refractivity contribution in [3.05, 3.63) is 72.8 Å². The summed E-state index contributed by atoms with van der Waals surface area (Å²) in [6, 6.07) is 21.7. The van der Waals surface area contributed by atoms with Crippen molar-refractivity contribution in [3.63, 3.8) is 0 Å². The van der Waals surface area contributed by atoms with Gasteiger partial charge in [0.1, 0.15) is 6.10 Å². The molecule has 0 amide bonds. The van der Waals surface area contributed by atoms with Crippen LogP contribution in [0.15, 0.2) is 72.8 Å². The first-order valence-electron chi connectivity index (χ1n) is 12.4. The van der Waals surface area contributed by atoms with Gasteiger partial charge >= 0.3 is 5.97 Å². The number of carbonyl (C=O) groups excluding carboxylic acids is 1. The average Bonchev–Trinajstić information content (AvgIpc) is 3.22. The maximum atomic E-state index is 11.1. The summed E-state index contributed by atoms with van der Waals surface area (Å²) in [4.78, 5) is 11.1. The molecule has 3 nitrogen and oxygen atoms in total. The van der Waals surface area contributed by atoms with Crippen LogP contribution in [0.5, 0.6) is 0 Å². The van der Waals surface area contributed by atoms with E-state index >= 15 is 0 Å². The zero-order chi connectivity index (χ0) is 23.7. The Morgan fingerprint density at radius 3 is 2.00 bits per heavy atom. The molecule has 0 saturated carbocycles. The summed E-state index contributed by atoms with van der Waals surface area (Å²) in [5, 5.41) is 2.72. The van der Waals surface area contributed by atoms with Crippen molar-refractivity contribution in [2.24, 2.45) is 5.92 Å². The maximum absolute atomic E-state index is 11.1. The number of benzene rings is 2. The molecule has 3 rings (SSSR count). The van der Waals surface area contributed by atoms with Crippen molar-refractivity contribution >= 4 is 24.7 Å². The van der Waals surface area contributed by atoms with Crippen LogP contribution in [0.4, 0.5) is 0 Å². The quantitative estimate of drug-likeness (QED) is 0.176. The van der Waals surface area contributed by atoms with Crippen LogP contribution >= 0.6 is 0 Å². The van der Waals surface area contributed by atoms with Crippen molar-refractivity contribution in [2.45, 2.75) is 77.4 Å². The molecule has 0 heterocycles. The van der Waals surface area contributed by atoms with Crippen LogP contribution in [0.25, 0.3) is 0 Å². The highest BCUT2D eigenvalue weighted by molar-refractivity contribution is 6.99. The Morgan fingerprint density at radius 1 is 0.879 bits per heavy atom. The smallest absolute Gasteiger partial charge is 0.303 e. The molecule has 0 aromatic heterocycles. The summed E-state index contributed by atoms with van der Waals surface area (Å²) in [6.07, 6.45) is 11.0. The van der Waals surface area contributed by atoms with Crippen LogP contribution < -0.4 is 10.4 Å². The van der Waals surface area contributed by atoms with Gasteiger partial charge in [-0.05, 0) is 46.7 Å². The minimum absolute atomic E-state index is 0.0210. The molecule has 0 unspecified atom stereocenters. The zero-order valence-corrected chi connectivity index (χ0v) is 21.8. The van der Waals surface area contributed by atoms with E-state index in [0.29, 0.717) is 5.92 Å². The van der Waals surface area contributed by atoms with Gasteiger partial charge in [0.2, 0.25) is 0 Å². The van der Waals surface area contributed by atoms with E-state index in [4.69, 9.17) is 9.16 Å². The van der Waals surface area contributed by atoms with Crippen LogP contribution in [0.3, 0.4) is 0 Å². The Bertz CT molecular complexity index is 847. The average molecular weight is 465 g/mol. The van der Waals surface area contributed by atoms with Crippen LogP contribution in [0.1, 0.15) is 66.2 Å². The SMILES string of the molecule is CC(=O)O[C@H]1C=C[C@@H](CCCCCCO[Si](c2ccccc2)(c2ccccc2)C(C)(C)C)C1. The number of ether oxygens (including phenoxy) is 1. The summed E-state index contributed by atoms with van der Waals surface area (Å²) >= 11 is 0.